The van der Waals surface area contributed by atoms with E-state index < -0.39 is 0 Å². The van der Waals surface area contributed by atoms with Gasteiger partial charge in [0.15, 0.2) is 0 Å². The number of nitrogens with zero attached hydrogens (tertiary/aromatic N) is 1. The molecule has 28 heavy (non-hydrogen) atoms. The average Bonchev–Trinajstić information content (AvgIpc) is 3.19. The Balaban J connectivity index is 1.72. The summed E-state index contributed by atoms with van der Waals surface area (Å²) in [4.78, 5) is 2.45. The van der Waals surface area contributed by atoms with Crippen molar-refractivity contribution < 1.29 is 0 Å². The lowest BCUT2D eigenvalue weighted by molar-refractivity contribution is 0.334. The van der Waals surface area contributed by atoms with E-state index in [1.54, 1.807) is 10.9 Å². The SMILES string of the molecule is CN(C)[C@@H](C1=C(P(C2CCCCC2)C2CCCCC2)C=CC1)c1ccccc1. The molecule has 0 N–H and O–H groups in total. The molecule has 3 aliphatic rings. The van der Waals surface area contributed by atoms with Gasteiger partial charge < -0.3 is 0 Å². The molecule has 0 aromatic heterocycles. The first-order valence-corrected chi connectivity index (χ1v) is 13.1. The summed E-state index contributed by atoms with van der Waals surface area (Å²) in [5.74, 6) is 0. The zero-order valence-corrected chi connectivity index (χ0v) is 18.8. The summed E-state index contributed by atoms with van der Waals surface area (Å²) in [7, 11) is 4.52. The molecule has 2 heteroatoms. The number of rotatable bonds is 6. The van der Waals surface area contributed by atoms with E-state index in [1.807, 2.05) is 0 Å². The van der Waals surface area contributed by atoms with E-state index in [0.29, 0.717) is 6.04 Å². The van der Waals surface area contributed by atoms with Crippen molar-refractivity contribution in [2.24, 2.45) is 0 Å². The van der Waals surface area contributed by atoms with Gasteiger partial charge in [0.25, 0.3) is 0 Å². The normalized spacial score (nSPS) is 23.1. The van der Waals surface area contributed by atoms with Crippen LogP contribution in [-0.2, 0) is 0 Å². The Bertz CT molecular complexity index is 660. The summed E-state index contributed by atoms with van der Waals surface area (Å²) >= 11 is 0. The van der Waals surface area contributed by atoms with Crippen LogP contribution in [0, 0.1) is 0 Å². The molecule has 0 spiro atoms. The largest absolute Gasteiger partial charge is 0.299 e. The Hall–Kier alpha value is -0.910. The van der Waals surface area contributed by atoms with Crippen LogP contribution in [0.1, 0.15) is 82.2 Å². The van der Waals surface area contributed by atoms with E-state index in [4.69, 9.17) is 0 Å². The fraction of sp³-hybridized carbons (Fsp3) is 0.615. The third-order valence-electron chi connectivity index (χ3n) is 7.12. The topological polar surface area (TPSA) is 3.24 Å². The lowest BCUT2D eigenvalue weighted by atomic mass is 9.97. The fourth-order valence-corrected chi connectivity index (χ4v) is 9.92. The van der Waals surface area contributed by atoms with Crippen LogP contribution in [0.5, 0.6) is 0 Å². The van der Waals surface area contributed by atoms with Crippen LogP contribution in [0.25, 0.3) is 0 Å². The number of hydrogen-bond donors (Lipinski definition) is 0. The summed E-state index contributed by atoms with van der Waals surface area (Å²) in [6.45, 7) is 0. The van der Waals surface area contributed by atoms with Crippen LogP contribution < -0.4 is 0 Å². The number of hydrogen-bond acceptors (Lipinski definition) is 1. The highest BCUT2D eigenvalue weighted by Crippen LogP contribution is 2.64. The van der Waals surface area contributed by atoms with Gasteiger partial charge in [-0.15, -0.1) is 0 Å². The van der Waals surface area contributed by atoms with Crippen molar-refractivity contribution in [1.29, 1.82) is 0 Å². The maximum absolute atomic E-state index is 2.57. The van der Waals surface area contributed by atoms with Gasteiger partial charge in [0, 0.05) is 0 Å². The Kier molecular flexibility index (Phi) is 7.08. The number of allylic oxidation sites excluding steroid dienone is 3. The standard InChI is InChI=1S/C26H38NP/c1-27(2)26(21-13-6-3-7-14-21)24-19-12-20-25(24)28(22-15-8-4-9-16-22)23-17-10-5-11-18-23/h3,6-7,12-14,20,22-23,26H,4-5,8-11,15-19H2,1-2H3/t26-/m1/s1. The summed E-state index contributed by atoms with van der Waals surface area (Å²) in [6.07, 6.45) is 21.0. The Morgan fingerprint density at radius 1 is 0.821 bits per heavy atom. The molecule has 1 atom stereocenters. The van der Waals surface area contributed by atoms with E-state index in [9.17, 15) is 0 Å². The van der Waals surface area contributed by atoms with Crippen LogP contribution in [0.2, 0.25) is 0 Å². The molecule has 1 nitrogen and oxygen atoms in total. The highest BCUT2D eigenvalue weighted by molar-refractivity contribution is 7.63. The van der Waals surface area contributed by atoms with Gasteiger partial charge in [-0.1, -0.05) is 88.9 Å². The van der Waals surface area contributed by atoms with Crippen LogP contribution in [0.4, 0.5) is 0 Å². The molecule has 0 radical (unpaired) electrons. The molecule has 0 bridgehead atoms. The highest BCUT2D eigenvalue weighted by atomic mass is 31.1. The van der Waals surface area contributed by atoms with Gasteiger partial charge in [-0.25, -0.2) is 0 Å². The average molecular weight is 396 g/mol. The zero-order chi connectivity index (χ0) is 19.3. The van der Waals surface area contributed by atoms with E-state index in [0.717, 1.165) is 17.7 Å². The Morgan fingerprint density at radius 3 is 1.93 bits per heavy atom. The third kappa shape index (κ3) is 4.47. The smallest absolute Gasteiger partial charge is 0.0568 e. The molecule has 0 amide bonds. The first-order valence-electron chi connectivity index (χ1n) is 11.6. The molecule has 1 aromatic rings. The molecule has 2 saturated carbocycles. The minimum Gasteiger partial charge on any atom is -0.299 e. The molecule has 152 valence electrons. The molecule has 2 fully saturated rings. The van der Waals surface area contributed by atoms with Crippen LogP contribution >= 0.6 is 7.92 Å². The van der Waals surface area contributed by atoms with Crippen molar-refractivity contribution in [2.75, 3.05) is 14.1 Å². The van der Waals surface area contributed by atoms with Gasteiger partial charge in [-0.3, -0.25) is 4.90 Å². The van der Waals surface area contributed by atoms with E-state index in [-0.39, 0.29) is 7.92 Å². The molecule has 0 aliphatic heterocycles. The monoisotopic (exact) mass is 395 g/mol. The lowest BCUT2D eigenvalue weighted by Crippen LogP contribution is -2.24. The van der Waals surface area contributed by atoms with E-state index >= 15 is 0 Å². The molecule has 1 aromatic carbocycles. The quantitative estimate of drug-likeness (QED) is 0.447. The molecular formula is C26H38NP. The minimum absolute atomic E-state index is 0.0189. The molecule has 3 aliphatic carbocycles. The van der Waals surface area contributed by atoms with Crippen molar-refractivity contribution in [1.82, 2.24) is 4.90 Å². The third-order valence-corrected chi connectivity index (χ3v) is 10.7. The van der Waals surface area contributed by atoms with Gasteiger partial charge >= 0.3 is 0 Å². The number of benzene rings is 1. The molecule has 0 unspecified atom stereocenters. The van der Waals surface area contributed by atoms with Crippen molar-refractivity contribution in [3.05, 3.63) is 58.9 Å². The van der Waals surface area contributed by atoms with Gasteiger partial charge in [-0.2, -0.15) is 0 Å². The maximum Gasteiger partial charge on any atom is 0.0568 e. The first kappa shape index (κ1) is 20.4. The lowest BCUT2D eigenvalue weighted by Gasteiger charge is -2.40. The summed E-state index contributed by atoms with van der Waals surface area (Å²) in [6, 6.07) is 11.7. The second kappa shape index (κ2) is 9.73. The summed E-state index contributed by atoms with van der Waals surface area (Å²) in [5, 5.41) is 1.80. The van der Waals surface area contributed by atoms with E-state index in [1.165, 1.54) is 69.8 Å². The zero-order valence-electron chi connectivity index (χ0n) is 17.9. The first-order chi connectivity index (χ1) is 13.8. The predicted octanol–water partition coefficient (Wildman–Crippen LogP) is 7.65. The van der Waals surface area contributed by atoms with Crippen LogP contribution in [-0.4, -0.2) is 30.3 Å². The van der Waals surface area contributed by atoms with Crippen LogP contribution in [0.3, 0.4) is 0 Å². The summed E-state index contributed by atoms with van der Waals surface area (Å²) in [5.41, 5.74) is 5.15. The van der Waals surface area contributed by atoms with Gasteiger partial charge in [-0.05, 0) is 74.0 Å². The van der Waals surface area contributed by atoms with Gasteiger partial charge in [0.1, 0.15) is 0 Å². The van der Waals surface area contributed by atoms with E-state index in [2.05, 4.69) is 61.5 Å². The predicted molar refractivity (Wildman–Crippen MR) is 124 cm³/mol. The van der Waals surface area contributed by atoms with Crippen molar-refractivity contribution >= 4 is 7.92 Å². The van der Waals surface area contributed by atoms with Gasteiger partial charge in [0.05, 0.1) is 6.04 Å². The molecule has 4 rings (SSSR count). The molecule has 0 heterocycles. The van der Waals surface area contributed by atoms with Crippen molar-refractivity contribution in [3.8, 4) is 0 Å². The Morgan fingerprint density at radius 2 is 1.39 bits per heavy atom. The van der Waals surface area contributed by atoms with Crippen molar-refractivity contribution in [3.63, 3.8) is 0 Å². The second-order valence-electron chi connectivity index (χ2n) is 9.28. The Labute approximate surface area is 174 Å². The minimum atomic E-state index is -0.0189. The van der Waals surface area contributed by atoms with Gasteiger partial charge in [0.2, 0.25) is 0 Å². The maximum atomic E-state index is 2.57. The molecular weight excluding hydrogens is 357 g/mol. The number of likely N-dealkylation sites (N-methyl/N-ethyl adjacent to an activating group) is 1. The van der Waals surface area contributed by atoms with Crippen LogP contribution in [0.15, 0.2) is 53.4 Å². The summed E-state index contributed by atoms with van der Waals surface area (Å²) < 4.78 is 0. The second-order valence-corrected chi connectivity index (χ2v) is 12.0. The van der Waals surface area contributed by atoms with Crippen molar-refractivity contribution in [2.45, 2.75) is 88.0 Å². The fourth-order valence-electron chi connectivity index (χ4n) is 5.87. The molecule has 0 saturated heterocycles. The highest BCUT2D eigenvalue weighted by Gasteiger charge is 2.36.